The van der Waals surface area contributed by atoms with Crippen LogP contribution in [0.2, 0.25) is 0 Å². The van der Waals surface area contributed by atoms with E-state index in [2.05, 4.69) is 25.3 Å². The summed E-state index contributed by atoms with van der Waals surface area (Å²) >= 11 is 0. The van der Waals surface area contributed by atoms with Crippen molar-refractivity contribution in [2.45, 2.75) is 6.61 Å². The number of nitrogens with two attached hydrogens (primary N) is 2. The molecule has 0 unspecified atom stereocenters. The molecule has 3 rings (SSSR count). The number of nitrogens with zero attached hydrogens (tertiary/aromatic N) is 4. The van der Waals surface area contributed by atoms with E-state index < -0.39 is 11.6 Å². The fourth-order valence-electron chi connectivity index (χ4n) is 2.44. The molecule has 0 bridgehead atoms. The average Bonchev–Trinajstić information content (AvgIpc) is 2.73. The lowest BCUT2D eigenvalue weighted by Crippen LogP contribution is -2.23. The Morgan fingerprint density at radius 1 is 1.00 bits per heavy atom. The van der Waals surface area contributed by atoms with Crippen LogP contribution in [-0.2, 0) is 6.61 Å². The van der Waals surface area contributed by atoms with Crippen LogP contribution < -0.4 is 16.8 Å². The third-order valence-corrected chi connectivity index (χ3v) is 3.80. The number of hydrogen-bond donors (Lipinski definition) is 4. The van der Waals surface area contributed by atoms with Crippen molar-refractivity contribution in [3.05, 3.63) is 83.7 Å². The molecular weight excluding hydrogens is 380 g/mol. The SMILES string of the molecule is NC(=N/C(=C(\N)c1ccncc1F)c1ccccc1F)Nc1cnc(CO)nc1. The van der Waals surface area contributed by atoms with Crippen LogP contribution in [0.15, 0.2) is 60.1 Å². The van der Waals surface area contributed by atoms with E-state index in [0.29, 0.717) is 5.69 Å². The first kappa shape index (κ1) is 19.8. The van der Waals surface area contributed by atoms with Crippen LogP contribution in [0.1, 0.15) is 17.0 Å². The van der Waals surface area contributed by atoms with Crippen molar-refractivity contribution in [2.24, 2.45) is 16.5 Å². The molecule has 0 atom stereocenters. The van der Waals surface area contributed by atoms with E-state index >= 15 is 0 Å². The summed E-state index contributed by atoms with van der Waals surface area (Å²) in [7, 11) is 0. The van der Waals surface area contributed by atoms with Crippen molar-refractivity contribution in [2.75, 3.05) is 5.32 Å². The highest BCUT2D eigenvalue weighted by molar-refractivity contribution is 6.00. The molecule has 0 fully saturated rings. The average molecular weight is 397 g/mol. The first-order valence-corrected chi connectivity index (χ1v) is 8.37. The molecule has 0 radical (unpaired) electrons. The molecule has 0 spiro atoms. The molecule has 0 saturated heterocycles. The van der Waals surface area contributed by atoms with Crippen molar-refractivity contribution in [3.8, 4) is 0 Å². The summed E-state index contributed by atoms with van der Waals surface area (Å²) in [5.74, 6) is -1.21. The summed E-state index contributed by atoms with van der Waals surface area (Å²) in [4.78, 5) is 15.7. The molecular formula is C19H17F2N7O. The van der Waals surface area contributed by atoms with Gasteiger partial charge in [0.2, 0.25) is 0 Å². The molecule has 2 heterocycles. The van der Waals surface area contributed by atoms with Gasteiger partial charge in [-0.3, -0.25) is 4.98 Å². The minimum absolute atomic E-state index is 0.00503. The molecule has 148 valence electrons. The van der Waals surface area contributed by atoms with Gasteiger partial charge in [0.25, 0.3) is 0 Å². The number of nitrogens with one attached hydrogen (secondary N) is 1. The summed E-state index contributed by atoms with van der Waals surface area (Å²) in [6.45, 7) is -0.307. The minimum Gasteiger partial charge on any atom is -0.396 e. The van der Waals surface area contributed by atoms with Crippen molar-refractivity contribution in [3.63, 3.8) is 0 Å². The van der Waals surface area contributed by atoms with Gasteiger partial charge in [-0.15, -0.1) is 0 Å². The zero-order valence-electron chi connectivity index (χ0n) is 15.0. The maximum Gasteiger partial charge on any atom is 0.198 e. The van der Waals surface area contributed by atoms with Crippen LogP contribution in [0.25, 0.3) is 11.4 Å². The number of aliphatic imine (C=N–C) groups is 1. The standard InChI is InChI=1S/C19H17F2N7O/c20-14-4-2-1-3-13(14)18(17(22)12-5-6-24-9-15(12)21)28-19(23)27-11-7-25-16(10-29)26-8-11/h1-9,29H,10,22H2,(H3,23,27,28)/b18-17-. The summed E-state index contributed by atoms with van der Waals surface area (Å²) in [5.41, 5.74) is 12.3. The fraction of sp³-hybridized carbons (Fsp3) is 0.0526. The Morgan fingerprint density at radius 2 is 1.72 bits per heavy atom. The third kappa shape index (κ3) is 4.68. The van der Waals surface area contributed by atoms with Gasteiger partial charge in [-0.05, 0) is 18.2 Å². The van der Waals surface area contributed by atoms with Gasteiger partial charge < -0.3 is 21.9 Å². The Balaban J connectivity index is 2.05. The number of aliphatic hydroxyl groups excluding tert-OH is 1. The largest absolute Gasteiger partial charge is 0.396 e. The highest BCUT2D eigenvalue weighted by Gasteiger charge is 2.16. The van der Waals surface area contributed by atoms with E-state index in [0.717, 1.165) is 6.20 Å². The van der Waals surface area contributed by atoms with E-state index in [4.69, 9.17) is 16.6 Å². The fourth-order valence-corrected chi connectivity index (χ4v) is 2.44. The van der Waals surface area contributed by atoms with Gasteiger partial charge in [-0.1, -0.05) is 12.1 Å². The van der Waals surface area contributed by atoms with E-state index in [-0.39, 0.29) is 40.9 Å². The maximum atomic E-state index is 14.4. The van der Waals surface area contributed by atoms with E-state index in [1.807, 2.05) is 0 Å². The first-order valence-electron chi connectivity index (χ1n) is 8.37. The van der Waals surface area contributed by atoms with Gasteiger partial charge in [0.15, 0.2) is 17.6 Å². The topological polar surface area (TPSA) is 135 Å². The predicted molar refractivity (Wildman–Crippen MR) is 105 cm³/mol. The number of rotatable bonds is 5. The lowest BCUT2D eigenvalue weighted by molar-refractivity contribution is 0.271. The van der Waals surface area contributed by atoms with Gasteiger partial charge in [0.1, 0.15) is 18.1 Å². The molecule has 8 nitrogen and oxygen atoms in total. The predicted octanol–water partition coefficient (Wildman–Crippen LogP) is 1.85. The molecule has 0 aliphatic heterocycles. The second-order valence-corrected chi connectivity index (χ2v) is 5.77. The zero-order valence-corrected chi connectivity index (χ0v) is 15.0. The second-order valence-electron chi connectivity index (χ2n) is 5.77. The van der Waals surface area contributed by atoms with E-state index in [1.165, 1.54) is 42.9 Å². The number of halogens is 2. The molecule has 3 aromatic rings. The van der Waals surface area contributed by atoms with Crippen molar-refractivity contribution in [1.82, 2.24) is 15.0 Å². The third-order valence-electron chi connectivity index (χ3n) is 3.80. The normalized spacial score (nSPS) is 12.4. The molecule has 0 saturated carbocycles. The van der Waals surface area contributed by atoms with Crippen LogP contribution in [0.4, 0.5) is 14.5 Å². The van der Waals surface area contributed by atoms with Gasteiger partial charge in [0.05, 0.1) is 30.0 Å². The molecule has 10 heteroatoms. The second kappa shape index (κ2) is 8.85. The Kier molecular flexibility index (Phi) is 6.05. The Hall–Kier alpha value is -3.92. The van der Waals surface area contributed by atoms with Crippen LogP contribution in [0, 0.1) is 11.6 Å². The molecule has 0 aliphatic carbocycles. The number of pyridine rings is 1. The van der Waals surface area contributed by atoms with Crippen LogP contribution in [-0.4, -0.2) is 26.0 Å². The molecule has 2 aromatic heterocycles. The summed E-state index contributed by atoms with van der Waals surface area (Å²) in [6.07, 6.45) is 5.13. The summed E-state index contributed by atoms with van der Waals surface area (Å²) in [6, 6.07) is 7.13. The van der Waals surface area contributed by atoms with E-state index in [9.17, 15) is 8.78 Å². The Bertz CT molecular complexity index is 1070. The molecule has 29 heavy (non-hydrogen) atoms. The van der Waals surface area contributed by atoms with Crippen LogP contribution >= 0.6 is 0 Å². The first-order chi connectivity index (χ1) is 14.0. The van der Waals surface area contributed by atoms with Crippen molar-refractivity contribution < 1.29 is 13.9 Å². The highest BCUT2D eigenvalue weighted by Crippen LogP contribution is 2.27. The minimum atomic E-state index is -0.687. The quantitative estimate of drug-likeness (QED) is 0.381. The van der Waals surface area contributed by atoms with Gasteiger partial charge in [-0.2, -0.15) is 0 Å². The number of guanidine groups is 1. The number of aliphatic hydroxyl groups is 1. The smallest absolute Gasteiger partial charge is 0.198 e. The monoisotopic (exact) mass is 397 g/mol. The van der Waals surface area contributed by atoms with Crippen LogP contribution in [0.3, 0.4) is 0 Å². The molecule has 0 aliphatic rings. The zero-order chi connectivity index (χ0) is 20.8. The maximum absolute atomic E-state index is 14.4. The highest BCUT2D eigenvalue weighted by atomic mass is 19.1. The van der Waals surface area contributed by atoms with Gasteiger partial charge in [-0.25, -0.2) is 23.7 Å². The number of hydrogen-bond acceptors (Lipinski definition) is 6. The number of benzene rings is 1. The van der Waals surface area contributed by atoms with Crippen LogP contribution in [0.5, 0.6) is 0 Å². The lowest BCUT2D eigenvalue weighted by Gasteiger charge is -2.12. The van der Waals surface area contributed by atoms with Crippen molar-refractivity contribution >= 4 is 23.0 Å². The Morgan fingerprint density at radius 3 is 2.38 bits per heavy atom. The number of aromatic nitrogens is 3. The molecule has 6 N–H and O–H groups in total. The summed E-state index contributed by atoms with van der Waals surface area (Å²) < 4.78 is 28.6. The summed E-state index contributed by atoms with van der Waals surface area (Å²) in [5, 5.41) is 11.7. The number of anilines is 1. The van der Waals surface area contributed by atoms with Gasteiger partial charge in [0, 0.05) is 17.3 Å². The lowest BCUT2D eigenvalue weighted by atomic mass is 10.1. The molecule has 0 amide bonds. The Labute approximate surface area is 164 Å². The van der Waals surface area contributed by atoms with E-state index in [1.54, 1.807) is 6.07 Å². The molecule has 1 aromatic carbocycles. The van der Waals surface area contributed by atoms with Gasteiger partial charge >= 0.3 is 0 Å². The van der Waals surface area contributed by atoms with Crippen molar-refractivity contribution in [1.29, 1.82) is 0 Å².